The lowest BCUT2D eigenvalue weighted by atomic mass is 9.71. The van der Waals surface area contributed by atoms with Gasteiger partial charge in [0.05, 0.1) is 19.6 Å². The fourth-order valence-corrected chi connectivity index (χ4v) is 3.89. The Morgan fingerprint density at radius 2 is 1.64 bits per heavy atom. The number of aliphatic hydroxyl groups is 1. The average molecular weight is 378 g/mol. The number of benzene rings is 3. The van der Waals surface area contributed by atoms with E-state index in [4.69, 9.17) is 9.47 Å². The van der Waals surface area contributed by atoms with Crippen molar-refractivity contribution in [3.8, 4) is 23.0 Å². The number of methoxy groups -OCH3 is 1. The second-order valence-corrected chi connectivity index (χ2v) is 7.04. The quantitative estimate of drug-likeness (QED) is 0.646. The van der Waals surface area contributed by atoms with Crippen LogP contribution in [0.15, 0.2) is 60.7 Å². The third-order valence-electron chi connectivity index (χ3n) is 5.51. The lowest BCUT2D eigenvalue weighted by molar-refractivity contribution is 0.0102. The van der Waals surface area contributed by atoms with Crippen molar-refractivity contribution < 1.29 is 24.8 Å². The molecular weight excluding hydrogens is 356 g/mol. The molecule has 3 N–H and O–H groups in total. The van der Waals surface area contributed by atoms with E-state index in [1.165, 1.54) is 0 Å². The zero-order valence-corrected chi connectivity index (χ0v) is 15.7. The van der Waals surface area contributed by atoms with Gasteiger partial charge in [0.2, 0.25) is 0 Å². The van der Waals surface area contributed by atoms with Crippen LogP contribution in [-0.4, -0.2) is 29.0 Å². The number of rotatable bonds is 3. The van der Waals surface area contributed by atoms with Crippen molar-refractivity contribution in [3.05, 3.63) is 82.9 Å². The minimum Gasteiger partial charge on any atom is -0.508 e. The maximum atomic E-state index is 12.1. The number of aromatic hydroxyl groups is 2. The molecule has 144 valence electrons. The van der Waals surface area contributed by atoms with Crippen LogP contribution in [0.2, 0.25) is 0 Å². The van der Waals surface area contributed by atoms with Crippen molar-refractivity contribution in [2.45, 2.75) is 18.4 Å². The molecule has 2 unspecified atom stereocenters. The van der Waals surface area contributed by atoms with Crippen LogP contribution >= 0.6 is 0 Å². The number of hydrogen-bond acceptors (Lipinski definition) is 5. The van der Waals surface area contributed by atoms with Crippen molar-refractivity contribution in [2.24, 2.45) is 0 Å². The largest absolute Gasteiger partial charge is 0.508 e. The smallest absolute Gasteiger partial charge is 0.132 e. The molecule has 4 rings (SSSR count). The first-order valence-electron chi connectivity index (χ1n) is 9.07. The molecule has 0 saturated carbocycles. The highest BCUT2D eigenvalue weighted by Crippen LogP contribution is 2.51. The molecule has 3 aromatic rings. The van der Waals surface area contributed by atoms with Gasteiger partial charge in [0, 0.05) is 11.1 Å². The van der Waals surface area contributed by atoms with Crippen molar-refractivity contribution in [2.75, 3.05) is 13.7 Å². The summed E-state index contributed by atoms with van der Waals surface area (Å²) in [6, 6.07) is 17.3. The number of hydrogen-bond donors (Lipinski definition) is 3. The van der Waals surface area contributed by atoms with Gasteiger partial charge >= 0.3 is 0 Å². The molecule has 5 heteroatoms. The van der Waals surface area contributed by atoms with Gasteiger partial charge in [-0.1, -0.05) is 24.3 Å². The Hall–Kier alpha value is -3.18. The number of fused-ring (bicyclic) bond motifs is 1. The second-order valence-electron chi connectivity index (χ2n) is 7.04. The standard InChI is InChI=1S/C23H22O5/c1-14-21(25)12-11-19-22(14)28-13-20(15-3-7-17(24)8-4-15)23(19,26)16-5-9-18(27-2)10-6-16/h3-12,20,24-26H,13H2,1-2H3. The van der Waals surface area contributed by atoms with Crippen molar-refractivity contribution >= 4 is 0 Å². The molecule has 0 aromatic heterocycles. The van der Waals surface area contributed by atoms with Crippen LogP contribution in [0.4, 0.5) is 0 Å². The summed E-state index contributed by atoms with van der Waals surface area (Å²) in [5.41, 5.74) is 1.34. The van der Waals surface area contributed by atoms with Crippen LogP contribution in [0.3, 0.4) is 0 Å². The molecule has 0 radical (unpaired) electrons. The van der Waals surface area contributed by atoms with E-state index in [2.05, 4.69) is 0 Å². The minimum absolute atomic E-state index is 0.124. The highest BCUT2D eigenvalue weighted by Gasteiger charge is 2.47. The fourth-order valence-electron chi connectivity index (χ4n) is 3.89. The van der Waals surface area contributed by atoms with E-state index in [0.717, 1.165) is 5.56 Å². The Morgan fingerprint density at radius 3 is 2.29 bits per heavy atom. The van der Waals surface area contributed by atoms with Gasteiger partial charge < -0.3 is 24.8 Å². The summed E-state index contributed by atoms with van der Waals surface area (Å²) in [7, 11) is 1.60. The predicted molar refractivity (Wildman–Crippen MR) is 105 cm³/mol. The molecule has 0 bridgehead atoms. The fraction of sp³-hybridized carbons (Fsp3) is 0.217. The number of phenols is 2. The summed E-state index contributed by atoms with van der Waals surface area (Å²) in [4.78, 5) is 0. The highest BCUT2D eigenvalue weighted by atomic mass is 16.5. The van der Waals surface area contributed by atoms with Gasteiger partial charge in [-0.2, -0.15) is 0 Å². The third kappa shape index (κ3) is 2.75. The Labute approximate surface area is 163 Å². The highest BCUT2D eigenvalue weighted by molar-refractivity contribution is 5.57. The lowest BCUT2D eigenvalue weighted by Gasteiger charge is -2.42. The SMILES string of the molecule is COc1ccc(C2(O)c3ccc(O)c(C)c3OCC2c2ccc(O)cc2)cc1. The van der Waals surface area contributed by atoms with E-state index in [0.29, 0.717) is 28.2 Å². The van der Waals surface area contributed by atoms with Crippen molar-refractivity contribution in [1.82, 2.24) is 0 Å². The van der Waals surface area contributed by atoms with Gasteiger partial charge in [-0.05, 0) is 54.4 Å². The molecule has 0 spiro atoms. The van der Waals surface area contributed by atoms with Crippen LogP contribution in [0.25, 0.3) is 0 Å². The van der Waals surface area contributed by atoms with Gasteiger partial charge in [-0.15, -0.1) is 0 Å². The van der Waals surface area contributed by atoms with Crippen LogP contribution in [0.1, 0.15) is 28.2 Å². The zero-order valence-electron chi connectivity index (χ0n) is 15.7. The Balaban J connectivity index is 1.93. The molecule has 1 aliphatic rings. The third-order valence-corrected chi connectivity index (χ3v) is 5.51. The maximum absolute atomic E-state index is 12.1. The van der Waals surface area contributed by atoms with Gasteiger partial charge in [-0.25, -0.2) is 0 Å². The summed E-state index contributed by atoms with van der Waals surface area (Å²) >= 11 is 0. The molecule has 0 amide bonds. The first kappa shape index (κ1) is 18.2. The molecule has 0 saturated heterocycles. The summed E-state index contributed by atoms with van der Waals surface area (Å²) in [5, 5.41) is 31.8. The number of ether oxygens (including phenoxy) is 2. The average Bonchev–Trinajstić information content (AvgIpc) is 2.72. The molecule has 28 heavy (non-hydrogen) atoms. The van der Waals surface area contributed by atoms with Crippen LogP contribution in [-0.2, 0) is 5.60 Å². The van der Waals surface area contributed by atoms with Crippen LogP contribution < -0.4 is 9.47 Å². The van der Waals surface area contributed by atoms with E-state index >= 15 is 0 Å². The molecule has 2 atom stereocenters. The summed E-state index contributed by atoms with van der Waals surface area (Å²) < 4.78 is 11.2. The van der Waals surface area contributed by atoms with Gasteiger partial charge in [0.1, 0.15) is 28.6 Å². The molecule has 1 heterocycles. The van der Waals surface area contributed by atoms with Crippen molar-refractivity contribution in [3.63, 3.8) is 0 Å². The molecule has 3 aromatic carbocycles. The maximum Gasteiger partial charge on any atom is 0.132 e. The Kier molecular flexibility index (Phi) is 4.40. The molecular formula is C23H22O5. The first-order chi connectivity index (χ1) is 13.4. The van der Waals surface area contributed by atoms with E-state index in [1.54, 1.807) is 50.4 Å². The Bertz CT molecular complexity index is 995. The normalized spacial score (nSPS) is 20.9. The van der Waals surface area contributed by atoms with E-state index in [-0.39, 0.29) is 18.1 Å². The topological polar surface area (TPSA) is 79.2 Å². The summed E-state index contributed by atoms with van der Waals surface area (Å²) in [6.07, 6.45) is 0. The minimum atomic E-state index is -1.38. The number of phenolic OH excluding ortho intramolecular Hbond substituents is 2. The van der Waals surface area contributed by atoms with E-state index in [9.17, 15) is 15.3 Å². The molecule has 0 fully saturated rings. The second kappa shape index (κ2) is 6.77. The van der Waals surface area contributed by atoms with E-state index in [1.807, 2.05) is 24.3 Å². The Morgan fingerprint density at radius 1 is 0.964 bits per heavy atom. The van der Waals surface area contributed by atoms with E-state index < -0.39 is 11.5 Å². The zero-order chi connectivity index (χ0) is 19.9. The summed E-state index contributed by atoms with van der Waals surface area (Å²) in [5.74, 6) is 1.07. The summed E-state index contributed by atoms with van der Waals surface area (Å²) in [6.45, 7) is 1.99. The van der Waals surface area contributed by atoms with Crippen LogP contribution in [0, 0.1) is 6.92 Å². The predicted octanol–water partition coefficient (Wildman–Crippen LogP) is 3.83. The lowest BCUT2D eigenvalue weighted by Crippen LogP contribution is -2.42. The van der Waals surface area contributed by atoms with Gasteiger partial charge in [0.15, 0.2) is 0 Å². The molecule has 5 nitrogen and oxygen atoms in total. The first-order valence-corrected chi connectivity index (χ1v) is 9.07. The van der Waals surface area contributed by atoms with Gasteiger partial charge in [-0.3, -0.25) is 0 Å². The molecule has 0 aliphatic carbocycles. The van der Waals surface area contributed by atoms with Crippen LogP contribution in [0.5, 0.6) is 23.0 Å². The monoisotopic (exact) mass is 378 g/mol. The van der Waals surface area contributed by atoms with Crippen molar-refractivity contribution in [1.29, 1.82) is 0 Å². The molecule has 1 aliphatic heterocycles. The van der Waals surface area contributed by atoms with Gasteiger partial charge in [0.25, 0.3) is 0 Å².